The van der Waals surface area contributed by atoms with Crippen molar-refractivity contribution in [2.75, 3.05) is 31.1 Å². The van der Waals surface area contributed by atoms with Gasteiger partial charge in [-0.1, -0.05) is 19.6 Å². The Labute approximate surface area is 199 Å². The molecule has 1 aromatic rings. The third kappa shape index (κ3) is 5.70. The number of hydrogen-bond acceptors (Lipinski definition) is 6. The minimum Gasteiger partial charge on any atom is -0.488 e. The number of alkyl halides is 1. The fourth-order valence-electron chi connectivity index (χ4n) is 3.96. The lowest BCUT2D eigenvalue weighted by Crippen LogP contribution is -2.44. The van der Waals surface area contributed by atoms with Crippen molar-refractivity contribution in [3.8, 4) is 5.75 Å². The van der Waals surface area contributed by atoms with Gasteiger partial charge >= 0.3 is 0 Å². The average molecular weight is 470 g/mol. The molecule has 1 saturated heterocycles. The summed E-state index contributed by atoms with van der Waals surface area (Å²) in [7, 11) is 0. The monoisotopic (exact) mass is 469 g/mol. The van der Waals surface area contributed by atoms with Gasteiger partial charge in [-0.2, -0.15) is 0 Å². The quantitative estimate of drug-likeness (QED) is 0.468. The lowest BCUT2D eigenvalue weighted by molar-refractivity contribution is -0.114. The van der Waals surface area contributed by atoms with E-state index in [4.69, 9.17) is 10.1 Å². The fraction of sp³-hybridized carbons (Fsp3) is 0.440. The molecule has 1 fully saturated rings. The summed E-state index contributed by atoms with van der Waals surface area (Å²) in [6, 6.07) is 1.68. The van der Waals surface area contributed by atoms with Crippen LogP contribution >= 0.6 is 0 Å². The molecule has 0 bridgehead atoms. The van der Waals surface area contributed by atoms with E-state index in [2.05, 4.69) is 16.9 Å². The molecule has 182 valence electrons. The van der Waals surface area contributed by atoms with Crippen molar-refractivity contribution in [1.82, 2.24) is 15.2 Å². The lowest BCUT2D eigenvalue weighted by Gasteiger charge is -2.36. The Bertz CT molecular complexity index is 1040. The van der Waals surface area contributed by atoms with E-state index in [1.807, 2.05) is 30.9 Å². The van der Waals surface area contributed by atoms with E-state index >= 15 is 0 Å². The number of ether oxygens (including phenoxy) is 1. The molecule has 8 nitrogen and oxygen atoms in total. The normalized spacial score (nSPS) is 17.7. The third-order valence-corrected chi connectivity index (χ3v) is 6.07. The topological polar surface area (TPSA) is 98.6 Å². The summed E-state index contributed by atoms with van der Waals surface area (Å²) in [6.45, 7) is 10.6. The zero-order valence-electron chi connectivity index (χ0n) is 20.0. The number of nitrogens with one attached hydrogen (secondary N) is 2. The maximum Gasteiger partial charge on any atom is 0.268 e. The highest BCUT2D eigenvalue weighted by Crippen LogP contribution is 2.34. The SMILES string of the molecule is C=C(/C=C(\C=C/C)N1CCOc2cc(C(=O)N3CCC(F)(CC)CC3)cnc21)NC(=O)C(C)=N. The van der Waals surface area contributed by atoms with Crippen molar-refractivity contribution in [3.05, 3.63) is 54.0 Å². The van der Waals surface area contributed by atoms with Gasteiger partial charge in [-0.3, -0.25) is 15.0 Å². The van der Waals surface area contributed by atoms with Crippen LogP contribution in [0, 0.1) is 5.41 Å². The molecule has 0 spiro atoms. The van der Waals surface area contributed by atoms with E-state index in [9.17, 15) is 14.0 Å². The maximum atomic E-state index is 14.5. The summed E-state index contributed by atoms with van der Waals surface area (Å²) in [6.07, 6.45) is 8.06. The van der Waals surface area contributed by atoms with Crippen LogP contribution in [0.5, 0.6) is 5.75 Å². The number of carbonyl (C=O) groups is 2. The molecule has 9 heteroatoms. The average Bonchev–Trinajstić information content (AvgIpc) is 2.83. The van der Waals surface area contributed by atoms with E-state index in [-0.39, 0.29) is 11.6 Å². The highest BCUT2D eigenvalue weighted by Gasteiger charge is 2.35. The number of amides is 2. The summed E-state index contributed by atoms with van der Waals surface area (Å²) >= 11 is 0. The van der Waals surface area contributed by atoms with E-state index in [1.165, 1.54) is 13.1 Å². The first-order chi connectivity index (χ1) is 16.2. The van der Waals surface area contributed by atoms with Gasteiger partial charge in [0.25, 0.3) is 11.8 Å². The molecule has 2 aliphatic rings. The van der Waals surface area contributed by atoms with Gasteiger partial charge in [-0.25, -0.2) is 9.37 Å². The van der Waals surface area contributed by atoms with Crippen LogP contribution in [-0.2, 0) is 4.79 Å². The van der Waals surface area contributed by atoms with Crippen LogP contribution < -0.4 is 15.0 Å². The number of allylic oxidation sites excluding steroid dienone is 3. The summed E-state index contributed by atoms with van der Waals surface area (Å²) < 4.78 is 20.3. The van der Waals surface area contributed by atoms with Crippen molar-refractivity contribution in [2.24, 2.45) is 0 Å². The van der Waals surface area contributed by atoms with Crippen molar-refractivity contribution in [2.45, 2.75) is 45.7 Å². The smallest absolute Gasteiger partial charge is 0.268 e. The molecule has 3 rings (SSSR count). The Hall–Kier alpha value is -3.49. The van der Waals surface area contributed by atoms with Crippen molar-refractivity contribution in [1.29, 1.82) is 5.41 Å². The summed E-state index contributed by atoms with van der Waals surface area (Å²) in [4.78, 5) is 32.9. The van der Waals surface area contributed by atoms with Crippen LogP contribution in [-0.4, -0.2) is 59.3 Å². The molecule has 0 unspecified atom stereocenters. The Morgan fingerprint density at radius 3 is 2.68 bits per heavy atom. The number of rotatable bonds is 7. The van der Waals surface area contributed by atoms with Crippen LogP contribution in [0.1, 0.15) is 50.4 Å². The van der Waals surface area contributed by atoms with Crippen LogP contribution in [0.25, 0.3) is 0 Å². The second-order valence-corrected chi connectivity index (χ2v) is 8.52. The Morgan fingerprint density at radius 2 is 2.06 bits per heavy atom. The molecule has 3 heterocycles. The number of hydrogen-bond donors (Lipinski definition) is 2. The first-order valence-corrected chi connectivity index (χ1v) is 11.5. The molecular formula is C25H32FN5O3. The first-order valence-electron chi connectivity index (χ1n) is 11.5. The van der Waals surface area contributed by atoms with E-state index in [0.717, 1.165) is 5.70 Å². The molecule has 0 saturated carbocycles. The van der Waals surface area contributed by atoms with Crippen molar-refractivity contribution >= 4 is 23.3 Å². The number of halogens is 1. The van der Waals surface area contributed by atoms with Gasteiger partial charge < -0.3 is 19.9 Å². The molecule has 2 aliphatic heterocycles. The number of piperidine rings is 1. The number of likely N-dealkylation sites (tertiary alicyclic amines) is 1. The van der Waals surface area contributed by atoms with Crippen molar-refractivity contribution < 1.29 is 18.7 Å². The molecule has 34 heavy (non-hydrogen) atoms. The standard InChI is InChI=1S/C25H32FN5O3/c1-5-7-20(14-17(3)29-23(32)18(4)27)31-12-13-34-21-15-19(16-28-22(21)31)24(33)30-10-8-25(26,6-2)9-11-30/h5,7,14-16,27H,3,6,8-13H2,1-2,4H3,(H,29,32)/b7-5-,20-14+,27-18?. The highest BCUT2D eigenvalue weighted by atomic mass is 19.1. The van der Waals surface area contributed by atoms with Crippen LogP contribution in [0.2, 0.25) is 0 Å². The van der Waals surface area contributed by atoms with E-state index in [1.54, 1.807) is 17.0 Å². The predicted octanol–water partition coefficient (Wildman–Crippen LogP) is 3.76. The number of anilines is 1. The van der Waals surface area contributed by atoms with Gasteiger partial charge in [-0.05, 0) is 51.3 Å². The van der Waals surface area contributed by atoms with Crippen LogP contribution in [0.4, 0.5) is 10.2 Å². The third-order valence-electron chi connectivity index (χ3n) is 6.07. The minimum atomic E-state index is -1.19. The number of nitrogens with zero attached hydrogens (tertiary/aromatic N) is 3. The molecule has 0 aromatic carbocycles. The van der Waals surface area contributed by atoms with Crippen LogP contribution in [0.15, 0.2) is 48.5 Å². The summed E-state index contributed by atoms with van der Waals surface area (Å²) in [5, 5.41) is 10.0. The van der Waals surface area contributed by atoms with Gasteiger partial charge in [-0.15, -0.1) is 0 Å². The minimum absolute atomic E-state index is 0.113. The molecule has 0 aliphatic carbocycles. The highest BCUT2D eigenvalue weighted by molar-refractivity contribution is 6.36. The number of carbonyl (C=O) groups excluding carboxylic acids is 2. The first kappa shape index (κ1) is 25.1. The zero-order chi connectivity index (χ0) is 24.9. The molecule has 1 aromatic heterocycles. The Balaban J connectivity index is 1.81. The molecule has 0 radical (unpaired) electrons. The molecule has 0 atom stereocenters. The lowest BCUT2D eigenvalue weighted by atomic mass is 9.90. The number of pyridine rings is 1. The van der Waals surface area contributed by atoms with Gasteiger partial charge in [0.1, 0.15) is 12.3 Å². The Kier molecular flexibility index (Phi) is 7.86. The molecule has 2 N–H and O–H groups in total. The van der Waals surface area contributed by atoms with Crippen LogP contribution in [0.3, 0.4) is 0 Å². The fourth-order valence-corrected chi connectivity index (χ4v) is 3.96. The number of fused-ring (bicyclic) bond motifs is 1. The van der Waals surface area contributed by atoms with E-state index < -0.39 is 11.6 Å². The van der Waals surface area contributed by atoms with Gasteiger partial charge in [0.2, 0.25) is 0 Å². The maximum absolute atomic E-state index is 14.5. The predicted molar refractivity (Wildman–Crippen MR) is 130 cm³/mol. The zero-order valence-corrected chi connectivity index (χ0v) is 20.0. The summed E-state index contributed by atoms with van der Waals surface area (Å²) in [5.41, 5.74) is 0.161. The largest absolute Gasteiger partial charge is 0.488 e. The second-order valence-electron chi connectivity index (χ2n) is 8.52. The van der Waals surface area contributed by atoms with E-state index in [0.29, 0.717) is 68.3 Å². The number of aromatic nitrogens is 1. The summed E-state index contributed by atoms with van der Waals surface area (Å²) in [5.74, 6) is 0.313. The van der Waals surface area contributed by atoms with Gasteiger partial charge in [0, 0.05) is 30.7 Å². The van der Waals surface area contributed by atoms with Gasteiger partial charge in [0.05, 0.1) is 17.8 Å². The second kappa shape index (κ2) is 10.6. The van der Waals surface area contributed by atoms with Crippen molar-refractivity contribution in [3.63, 3.8) is 0 Å². The Morgan fingerprint density at radius 1 is 1.35 bits per heavy atom. The van der Waals surface area contributed by atoms with Gasteiger partial charge in [0.15, 0.2) is 11.6 Å². The molecular weight excluding hydrogens is 437 g/mol. The molecule has 2 amide bonds.